The van der Waals surface area contributed by atoms with Gasteiger partial charge < -0.3 is 10.6 Å². The van der Waals surface area contributed by atoms with Gasteiger partial charge in [0.2, 0.25) is 0 Å². The lowest BCUT2D eigenvalue weighted by molar-refractivity contribution is 0.937. The van der Waals surface area contributed by atoms with Crippen LogP contribution in [-0.2, 0) is 6.42 Å². The largest absolute Gasteiger partial charge is 0.378 e. The normalized spacial score (nSPS) is 10.5. The highest BCUT2D eigenvalue weighted by Crippen LogP contribution is 2.29. The minimum Gasteiger partial charge on any atom is -0.378 e. The van der Waals surface area contributed by atoms with Crippen molar-refractivity contribution in [3.8, 4) is 10.4 Å². The van der Waals surface area contributed by atoms with Crippen LogP contribution in [-0.4, -0.2) is 25.6 Å². The van der Waals surface area contributed by atoms with Gasteiger partial charge >= 0.3 is 0 Å². The van der Waals surface area contributed by atoms with E-state index in [1.165, 1.54) is 16.1 Å². The molecule has 0 spiro atoms. The molecule has 4 heteroatoms. The average molecular weight is 247 g/mol. The lowest BCUT2D eigenvalue weighted by Crippen LogP contribution is -2.08. The summed E-state index contributed by atoms with van der Waals surface area (Å²) >= 11 is 1.68. The van der Waals surface area contributed by atoms with Crippen LogP contribution in [0.3, 0.4) is 0 Å². The van der Waals surface area contributed by atoms with Crippen molar-refractivity contribution in [2.24, 2.45) is 5.73 Å². The van der Waals surface area contributed by atoms with Crippen molar-refractivity contribution in [1.82, 2.24) is 4.98 Å². The van der Waals surface area contributed by atoms with Crippen LogP contribution in [0, 0.1) is 0 Å². The van der Waals surface area contributed by atoms with E-state index in [-0.39, 0.29) is 0 Å². The summed E-state index contributed by atoms with van der Waals surface area (Å²) in [4.78, 5) is 7.70. The van der Waals surface area contributed by atoms with Crippen molar-refractivity contribution in [3.63, 3.8) is 0 Å². The molecule has 0 aliphatic carbocycles. The Balaban J connectivity index is 2.30. The third-order valence-electron chi connectivity index (χ3n) is 2.67. The second-order valence-corrected chi connectivity index (χ2v) is 4.96. The van der Waals surface area contributed by atoms with E-state index in [2.05, 4.69) is 34.1 Å². The molecule has 0 unspecified atom stereocenters. The van der Waals surface area contributed by atoms with Crippen LogP contribution >= 0.6 is 11.3 Å². The van der Waals surface area contributed by atoms with E-state index >= 15 is 0 Å². The van der Waals surface area contributed by atoms with E-state index in [0.29, 0.717) is 6.54 Å². The molecule has 0 aliphatic heterocycles. The molecule has 3 nitrogen and oxygen atoms in total. The Labute approximate surface area is 106 Å². The Hall–Kier alpha value is -1.39. The van der Waals surface area contributed by atoms with Gasteiger partial charge in [-0.1, -0.05) is 12.1 Å². The average Bonchev–Trinajstić information content (AvgIpc) is 2.78. The highest BCUT2D eigenvalue weighted by Gasteiger charge is 2.07. The van der Waals surface area contributed by atoms with Crippen molar-refractivity contribution in [2.75, 3.05) is 25.5 Å². The Morgan fingerprint density at radius 2 is 1.94 bits per heavy atom. The van der Waals surface area contributed by atoms with Gasteiger partial charge in [0.05, 0.1) is 16.1 Å². The maximum Gasteiger partial charge on any atom is 0.0801 e. The summed E-state index contributed by atoms with van der Waals surface area (Å²) in [6.45, 7) is 0.645. The van der Waals surface area contributed by atoms with E-state index in [1.54, 1.807) is 11.3 Å². The van der Waals surface area contributed by atoms with Crippen LogP contribution in [0.4, 0.5) is 5.69 Å². The molecule has 0 amide bonds. The third-order valence-corrected chi connectivity index (χ3v) is 3.59. The number of thiazole rings is 1. The maximum absolute atomic E-state index is 5.59. The van der Waals surface area contributed by atoms with Crippen LogP contribution in [0.15, 0.2) is 29.8 Å². The minimum absolute atomic E-state index is 0.645. The monoisotopic (exact) mass is 247 g/mol. The number of nitrogens with two attached hydrogens (primary N) is 1. The fourth-order valence-electron chi connectivity index (χ4n) is 1.73. The zero-order valence-electron chi connectivity index (χ0n) is 10.2. The predicted molar refractivity (Wildman–Crippen MR) is 74.6 cm³/mol. The fraction of sp³-hybridized carbons (Fsp3) is 0.308. The van der Waals surface area contributed by atoms with E-state index in [9.17, 15) is 0 Å². The number of rotatable bonds is 4. The first-order chi connectivity index (χ1) is 8.22. The standard InChI is InChI=1S/C13H17N3S/c1-16(2)11-5-3-10(4-6-11)13-12(7-8-14)15-9-17-13/h3-6,9H,7-8,14H2,1-2H3. The number of hydrogen-bond acceptors (Lipinski definition) is 4. The molecule has 2 aromatic rings. The van der Waals surface area contributed by atoms with Gasteiger partial charge in [-0.15, -0.1) is 11.3 Å². The van der Waals surface area contributed by atoms with Crippen LogP contribution in [0.2, 0.25) is 0 Å². The molecule has 0 bridgehead atoms. The van der Waals surface area contributed by atoms with Gasteiger partial charge in [0.1, 0.15) is 0 Å². The van der Waals surface area contributed by atoms with Crippen molar-refractivity contribution in [2.45, 2.75) is 6.42 Å². The van der Waals surface area contributed by atoms with Crippen molar-refractivity contribution < 1.29 is 0 Å². The van der Waals surface area contributed by atoms with E-state index < -0.39 is 0 Å². The highest BCUT2D eigenvalue weighted by atomic mass is 32.1. The molecule has 0 radical (unpaired) electrons. The summed E-state index contributed by atoms with van der Waals surface area (Å²) in [5.74, 6) is 0. The molecule has 0 fully saturated rings. The van der Waals surface area contributed by atoms with Gasteiger partial charge in [0, 0.05) is 26.2 Å². The minimum atomic E-state index is 0.645. The Morgan fingerprint density at radius 1 is 1.24 bits per heavy atom. The van der Waals surface area contributed by atoms with Crippen LogP contribution in [0.5, 0.6) is 0 Å². The Bertz CT molecular complexity index is 474. The molecule has 0 aliphatic rings. The molecule has 2 N–H and O–H groups in total. The molecule has 90 valence electrons. The predicted octanol–water partition coefficient (Wildman–Crippen LogP) is 2.38. The third kappa shape index (κ3) is 2.65. The topological polar surface area (TPSA) is 42.2 Å². The van der Waals surface area contributed by atoms with Crippen LogP contribution in [0.1, 0.15) is 5.69 Å². The number of aromatic nitrogens is 1. The van der Waals surface area contributed by atoms with Gasteiger partial charge in [0.15, 0.2) is 0 Å². The zero-order chi connectivity index (χ0) is 12.3. The van der Waals surface area contributed by atoms with Crippen LogP contribution in [0.25, 0.3) is 10.4 Å². The van der Waals surface area contributed by atoms with Crippen molar-refractivity contribution in [3.05, 3.63) is 35.5 Å². The molecule has 2 rings (SSSR count). The van der Waals surface area contributed by atoms with Crippen molar-refractivity contribution in [1.29, 1.82) is 0 Å². The smallest absolute Gasteiger partial charge is 0.0801 e. The summed E-state index contributed by atoms with van der Waals surface area (Å²) in [5.41, 5.74) is 11.0. The number of anilines is 1. The van der Waals surface area contributed by atoms with Crippen LogP contribution < -0.4 is 10.6 Å². The molecule has 1 aromatic carbocycles. The molecule has 0 saturated heterocycles. The van der Waals surface area contributed by atoms with E-state index in [0.717, 1.165) is 12.1 Å². The molecule has 0 atom stereocenters. The first-order valence-electron chi connectivity index (χ1n) is 5.62. The molecular weight excluding hydrogens is 230 g/mol. The second-order valence-electron chi connectivity index (χ2n) is 4.11. The number of hydrogen-bond donors (Lipinski definition) is 1. The summed E-state index contributed by atoms with van der Waals surface area (Å²) in [6.07, 6.45) is 0.842. The molecular formula is C13H17N3S. The SMILES string of the molecule is CN(C)c1ccc(-c2scnc2CCN)cc1. The molecule has 1 heterocycles. The van der Waals surface area contributed by atoms with E-state index in [4.69, 9.17) is 5.73 Å². The molecule has 17 heavy (non-hydrogen) atoms. The zero-order valence-corrected chi connectivity index (χ0v) is 11.0. The van der Waals surface area contributed by atoms with Gasteiger partial charge in [-0.3, -0.25) is 0 Å². The molecule has 0 saturated carbocycles. The summed E-state index contributed by atoms with van der Waals surface area (Å²) < 4.78 is 0. The van der Waals surface area contributed by atoms with Gasteiger partial charge in [-0.25, -0.2) is 4.98 Å². The highest BCUT2D eigenvalue weighted by molar-refractivity contribution is 7.13. The Morgan fingerprint density at radius 3 is 2.53 bits per heavy atom. The lowest BCUT2D eigenvalue weighted by atomic mass is 10.1. The first kappa shape index (κ1) is 12.1. The van der Waals surface area contributed by atoms with Gasteiger partial charge in [0.25, 0.3) is 0 Å². The number of benzene rings is 1. The second kappa shape index (κ2) is 5.29. The van der Waals surface area contributed by atoms with Gasteiger partial charge in [-0.05, 0) is 24.2 Å². The van der Waals surface area contributed by atoms with Crippen molar-refractivity contribution >= 4 is 17.0 Å². The summed E-state index contributed by atoms with van der Waals surface area (Å²) in [5, 5.41) is 0. The fourth-order valence-corrected chi connectivity index (χ4v) is 2.58. The first-order valence-corrected chi connectivity index (χ1v) is 6.50. The van der Waals surface area contributed by atoms with Gasteiger partial charge in [-0.2, -0.15) is 0 Å². The lowest BCUT2D eigenvalue weighted by Gasteiger charge is -2.12. The Kier molecular flexibility index (Phi) is 3.76. The quantitative estimate of drug-likeness (QED) is 0.902. The molecule has 1 aromatic heterocycles. The maximum atomic E-state index is 5.59. The van der Waals surface area contributed by atoms with E-state index in [1.807, 2.05) is 19.6 Å². The number of nitrogens with zero attached hydrogens (tertiary/aromatic N) is 2. The summed E-state index contributed by atoms with van der Waals surface area (Å²) in [7, 11) is 4.09. The summed E-state index contributed by atoms with van der Waals surface area (Å²) in [6, 6.07) is 8.54.